The van der Waals surface area contributed by atoms with E-state index in [-0.39, 0.29) is 11.9 Å². The van der Waals surface area contributed by atoms with Crippen LogP contribution in [-0.2, 0) is 11.2 Å². The Labute approximate surface area is 149 Å². The largest absolute Gasteiger partial charge is 0.353 e. The zero-order chi connectivity index (χ0) is 17.7. The minimum Gasteiger partial charge on any atom is -0.353 e. The molecule has 5 heteroatoms. The molecule has 0 spiro atoms. The molecule has 1 atom stereocenters. The highest BCUT2D eigenvalue weighted by atomic mass is 16.2. The lowest BCUT2D eigenvalue weighted by Crippen LogP contribution is -2.53. The van der Waals surface area contributed by atoms with Crippen molar-refractivity contribution in [2.75, 3.05) is 13.1 Å². The van der Waals surface area contributed by atoms with Gasteiger partial charge in [-0.05, 0) is 50.8 Å². The van der Waals surface area contributed by atoms with Crippen LogP contribution in [0.25, 0.3) is 11.1 Å². The lowest BCUT2D eigenvalue weighted by Gasteiger charge is -2.37. The fourth-order valence-corrected chi connectivity index (χ4v) is 3.57. The second-order valence-corrected chi connectivity index (χ2v) is 7.15. The highest BCUT2D eigenvalue weighted by molar-refractivity contribution is 5.84. The smallest absolute Gasteiger partial charge is 0.228 e. The van der Waals surface area contributed by atoms with Gasteiger partial charge in [-0.25, -0.2) is 9.97 Å². The summed E-state index contributed by atoms with van der Waals surface area (Å²) in [5, 5.41) is 6.55. The van der Waals surface area contributed by atoms with Crippen molar-refractivity contribution in [2.45, 2.75) is 39.2 Å². The van der Waals surface area contributed by atoms with Crippen LogP contribution in [0.5, 0.6) is 0 Å². The maximum absolute atomic E-state index is 13.0. The van der Waals surface area contributed by atoms with Gasteiger partial charge in [0.2, 0.25) is 5.91 Å². The number of carbonyl (C=O) groups excluding carboxylic acids is 1. The maximum Gasteiger partial charge on any atom is 0.228 e. The Morgan fingerprint density at radius 2 is 2.04 bits per heavy atom. The van der Waals surface area contributed by atoms with Crippen LogP contribution in [0.4, 0.5) is 0 Å². The van der Waals surface area contributed by atoms with Gasteiger partial charge in [0.15, 0.2) is 0 Å². The molecule has 1 aliphatic rings. The number of nitrogens with zero attached hydrogens (tertiary/aromatic N) is 2. The molecule has 5 nitrogen and oxygen atoms in total. The summed E-state index contributed by atoms with van der Waals surface area (Å²) < 4.78 is 0. The lowest BCUT2D eigenvalue weighted by molar-refractivity contribution is -0.132. The number of hydrogen-bond acceptors (Lipinski definition) is 4. The number of carbonyl (C=O) groups is 1. The van der Waals surface area contributed by atoms with Crippen LogP contribution in [0, 0.1) is 5.41 Å². The zero-order valence-electron chi connectivity index (χ0n) is 15.0. The molecule has 1 fully saturated rings. The van der Waals surface area contributed by atoms with E-state index in [1.165, 1.54) is 11.9 Å². The van der Waals surface area contributed by atoms with Gasteiger partial charge in [-0.3, -0.25) is 4.79 Å². The van der Waals surface area contributed by atoms with Gasteiger partial charge in [-0.1, -0.05) is 24.3 Å². The quantitative estimate of drug-likeness (QED) is 0.879. The van der Waals surface area contributed by atoms with E-state index in [1.807, 2.05) is 38.4 Å². The first-order chi connectivity index (χ1) is 12.1. The summed E-state index contributed by atoms with van der Waals surface area (Å²) >= 11 is 0. The fourth-order valence-electron chi connectivity index (χ4n) is 3.57. The van der Waals surface area contributed by atoms with Crippen molar-refractivity contribution in [1.82, 2.24) is 20.6 Å². The van der Waals surface area contributed by atoms with E-state index in [2.05, 4.69) is 32.7 Å². The van der Waals surface area contributed by atoms with E-state index in [0.717, 1.165) is 30.5 Å². The van der Waals surface area contributed by atoms with Gasteiger partial charge < -0.3 is 10.6 Å². The molecule has 2 N–H and O–H groups in total. The van der Waals surface area contributed by atoms with Crippen LogP contribution in [0.2, 0.25) is 0 Å². The van der Waals surface area contributed by atoms with Crippen LogP contribution >= 0.6 is 0 Å². The molecule has 132 valence electrons. The normalized spacial score (nSPS) is 20.4. The minimum atomic E-state index is -0.408. The number of aromatic nitrogens is 2. The van der Waals surface area contributed by atoms with Crippen LogP contribution in [-0.4, -0.2) is 35.0 Å². The van der Waals surface area contributed by atoms with E-state index in [0.29, 0.717) is 13.0 Å². The summed E-state index contributed by atoms with van der Waals surface area (Å²) in [4.78, 5) is 21.3. The van der Waals surface area contributed by atoms with Crippen molar-refractivity contribution >= 4 is 5.91 Å². The summed E-state index contributed by atoms with van der Waals surface area (Å²) in [6.07, 6.45) is 7.82. The number of piperidine rings is 1. The van der Waals surface area contributed by atoms with E-state index in [9.17, 15) is 4.79 Å². The molecule has 0 saturated carbocycles. The highest BCUT2D eigenvalue weighted by Crippen LogP contribution is 2.34. The second kappa shape index (κ2) is 7.74. The van der Waals surface area contributed by atoms with Crippen LogP contribution in [0.1, 0.15) is 32.3 Å². The Bertz CT molecular complexity index is 709. The topological polar surface area (TPSA) is 66.9 Å². The molecule has 1 aromatic heterocycles. The SMILES string of the molecule is CC(C)NC(=O)[C@]1(Cc2ccccc2-c2cncnc2)CCCNC1. The Balaban J connectivity index is 1.94. The molecule has 0 aliphatic carbocycles. The number of benzene rings is 1. The maximum atomic E-state index is 13.0. The summed E-state index contributed by atoms with van der Waals surface area (Å²) in [6.45, 7) is 5.71. The summed E-state index contributed by atoms with van der Waals surface area (Å²) in [5.41, 5.74) is 2.85. The minimum absolute atomic E-state index is 0.143. The fraction of sp³-hybridized carbons (Fsp3) is 0.450. The predicted octanol–water partition coefficient (Wildman–Crippen LogP) is 2.58. The lowest BCUT2D eigenvalue weighted by atomic mass is 9.73. The second-order valence-electron chi connectivity index (χ2n) is 7.15. The van der Waals surface area contributed by atoms with Crippen molar-refractivity contribution in [3.63, 3.8) is 0 Å². The first-order valence-electron chi connectivity index (χ1n) is 8.96. The summed E-state index contributed by atoms with van der Waals surface area (Å²) in [5.74, 6) is 0.147. The van der Waals surface area contributed by atoms with Crippen molar-refractivity contribution in [1.29, 1.82) is 0 Å². The van der Waals surface area contributed by atoms with Gasteiger partial charge in [-0.15, -0.1) is 0 Å². The third-order valence-electron chi connectivity index (χ3n) is 4.79. The molecule has 1 saturated heterocycles. The monoisotopic (exact) mass is 338 g/mol. The summed E-state index contributed by atoms with van der Waals surface area (Å²) in [7, 11) is 0. The molecule has 0 unspecified atom stereocenters. The van der Waals surface area contributed by atoms with Crippen LogP contribution in [0.3, 0.4) is 0 Å². The van der Waals surface area contributed by atoms with E-state index < -0.39 is 5.41 Å². The van der Waals surface area contributed by atoms with Crippen LogP contribution < -0.4 is 10.6 Å². The molecular weight excluding hydrogens is 312 g/mol. The van der Waals surface area contributed by atoms with Crippen molar-refractivity contribution < 1.29 is 4.79 Å². The van der Waals surface area contributed by atoms with Crippen molar-refractivity contribution in [3.8, 4) is 11.1 Å². The number of hydrogen-bond donors (Lipinski definition) is 2. The third kappa shape index (κ3) is 4.04. The molecule has 1 amide bonds. The standard InChI is InChI=1S/C20H26N4O/c1-15(2)24-19(25)20(8-5-9-21-13-20)10-16-6-3-4-7-18(16)17-11-22-14-23-12-17/h3-4,6-7,11-12,14-15,21H,5,8-10,13H2,1-2H3,(H,24,25)/t20-/m0/s1. The first kappa shape index (κ1) is 17.5. The Morgan fingerprint density at radius 1 is 1.28 bits per heavy atom. The molecule has 1 aromatic carbocycles. The predicted molar refractivity (Wildman–Crippen MR) is 99.0 cm³/mol. The van der Waals surface area contributed by atoms with Crippen molar-refractivity contribution in [2.24, 2.45) is 5.41 Å². The Kier molecular flexibility index (Phi) is 5.43. The van der Waals surface area contributed by atoms with E-state index in [1.54, 1.807) is 0 Å². The van der Waals surface area contributed by atoms with Gasteiger partial charge in [0.05, 0.1) is 5.41 Å². The number of nitrogens with one attached hydrogen (secondary N) is 2. The third-order valence-corrected chi connectivity index (χ3v) is 4.79. The molecular formula is C20H26N4O. The van der Waals surface area contributed by atoms with Gasteiger partial charge in [0.25, 0.3) is 0 Å². The average molecular weight is 338 g/mol. The molecule has 0 radical (unpaired) electrons. The zero-order valence-corrected chi connectivity index (χ0v) is 15.0. The van der Waals surface area contributed by atoms with Crippen LogP contribution in [0.15, 0.2) is 43.0 Å². The van der Waals surface area contributed by atoms with Gasteiger partial charge in [0, 0.05) is 30.5 Å². The molecule has 3 rings (SSSR count). The molecule has 2 aromatic rings. The molecule has 25 heavy (non-hydrogen) atoms. The molecule has 0 bridgehead atoms. The van der Waals surface area contributed by atoms with E-state index >= 15 is 0 Å². The van der Waals surface area contributed by atoms with Gasteiger partial charge >= 0.3 is 0 Å². The van der Waals surface area contributed by atoms with Gasteiger partial charge in [0.1, 0.15) is 6.33 Å². The average Bonchev–Trinajstić information content (AvgIpc) is 2.63. The number of rotatable bonds is 5. The summed E-state index contributed by atoms with van der Waals surface area (Å²) in [6, 6.07) is 8.39. The van der Waals surface area contributed by atoms with Gasteiger partial charge in [-0.2, -0.15) is 0 Å². The highest BCUT2D eigenvalue weighted by Gasteiger charge is 2.40. The Morgan fingerprint density at radius 3 is 2.72 bits per heavy atom. The van der Waals surface area contributed by atoms with Crippen molar-refractivity contribution in [3.05, 3.63) is 48.5 Å². The first-order valence-corrected chi connectivity index (χ1v) is 8.96. The number of amides is 1. The Hall–Kier alpha value is -2.27. The molecule has 1 aliphatic heterocycles. The van der Waals surface area contributed by atoms with E-state index in [4.69, 9.17) is 0 Å². The molecule has 2 heterocycles.